The van der Waals surface area contributed by atoms with Crippen LogP contribution in [0.4, 0.5) is 5.69 Å². The van der Waals surface area contributed by atoms with Gasteiger partial charge in [0.25, 0.3) is 0 Å². The number of aryl methyl sites for hydroxylation is 1. The lowest BCUT2D eigenvalue weighted by atomic mass is 9.88. The Bertz CT molecular complexity index is 609. The lowest BCUT2D eigenvalue weighted by molar-refractivity contribution is 0.835. The Kier molecular flexibility index (Phi) is 4.17. The van der Waals surface area contributed by atoms with E-state index in [9.17, 15) is 0 Å². The molecule has 0 spiro atoms. The molecule has 0 fully saturated rings. The van der Waals surface area contributed by atoms with E-state index in [2.05, 4.69) is 64.1 Å². The number of rotatable bonds is 3. The van der Waals surface area contributed by atoms with Crippen LogP contribution in [0, 0.1) is 6.92 Å². The highest BCUT2D eigenvalue weighted by Gasteiger charge is 2.11. The molecule has 20 heavy (non-hydrogen) atoms. The van der Waals surface area contributed by atoms with Gasteiger partial charge in [-0.15, -0.1) is 0 Å². The monoisotopic (exact) mass is 267 g/mol. The Morgan fingerprint density at radius 3 is 2.10 bits per heavy atom. The quantitative estimate of drug-likeness (QED) is 0.731. The van der Waals surface area contributed by atoms with Gasteiger partial charge in [0, 0.05) is 5.69 Å². The molecule has 0 bridgehead atoms. The number of hydrogen-bond donors (Lipinski definition) is 1. The van der Waals surface area contributed by atoms with Gasteiger partial charge in [-0.1, -0.05) is 58.0 Å². The summed E-state index contributed by atoms with van der Waals surface area (Å²) in [4.78, 5) is 0. The molecular weight excluding hydrogens is 242 g/mol. The second kappa shape index (κ2) is 5.70. The van der Waals surface area contributed by atoms with Gasteiger partial charge in [-0.05, 0) is 52.6 Å². The molecular formula is C19H25N. The summed E-state index contributed by atoms with van der Waals surface area (Å²) in [6.45, 7) is 11.0. The summed E-state index contributed by atoms with van der Waals surface area (Å²) in [5, 5.41) is 0. The molecule has 0 amide bonds. The van der Waals surface area contributed by atoms with Crippen LogP contribution in [-0.2, 0) is 0 Å². The lowest BCUT2D eigenvalue weighted by Crippen LogP contribution is -1.98. The average Bonchev–Trinajstić information content (AvgIpc) is 2.41. The topological polar surface area (TPSA) is 26.0 Å². The van der Waals surface area contributed by atoms with Gasteiger partial charge in [0.1, 0.15) is 0 Å². The van der Waals surface area contributed by atoms with Crippen molar-refractivity contribution in [1.29, 1.82) is 0 Å². The van der Waals surface area contributed by atoms with E-state index in [1.165, 1.54) is 22.3 Å². The molecule has 2 aromatic carbocycles. The number of hydrogen-bond acceptors (Lipinski definition) is 1. The number of benzene rings is 2. The molecule has 0 atom stereocenters. The SMILES string of the molecule is Cc1ccc(-c2ccc(C(C)C)cc2C(C)C)cc1N. The Hall–Kier alpha value is -1.76. The maximum Gasteiger partial charge on any atom is 0.0349 e. The average molecular weight is 267 g/mol. The fourth-order valence-electron chi connectivity index (χ4n) is 2.49. The summed E-state index contributed by atoms with van der Waals surface area (Å²) in [5.41, 5.74) is 13.4. The van der Waals surface area contributed by atoms with Crippen LogP contribution in [-0.4, -0.2) is 0 Å². The standard InChI is InChI=1S/C19H25N/c1-12(2)15-8-9-17(18(10-15)13(3)4)16-7-6-14(5)19(20)11-16/h6-13H,20H2,1-5H3. The van der Waals surface area contributed by atoms with E-state index < -0.39 is 0 Å². The third kappa shape index (κ3) is 2.87. The zero-order chi connectivity index (χ0) is 14.9. The summed E-state index contributed by atoms with van der Waals surface area (Å²) in [5.74, 6) is 1.07. The first-order chi connectivity index (χ1) is 9.40. The smallest absolute Gasteiger partial charge is 0.0349 e. The predicted octanol–water partition coefficient (Wildman–Crippen LogP) is 5.49. The van der Waals surface area contributed by atoms with E-state index in [-0.39, 0.29) is 0 Å². The summed E-state index contributed by atoms with van der Waals surface area (Å²) >= 11 is 0. The van der Waals surface area contributed by atoms with Gasteiger partial charge in [0.15, 0.2) is 0 Å². The van der Waals surface area contributed by atoms with Crippen molar-refractivity contribution in [3.05, 3.63) is 53.1 Å². The molecule has 1 heteroatoms. The molecule has 0 saturated heterocycles. The highest BCUT2D eigenvalue weighted by atomic mass is 14.6. The van der Waals surface area contributed by atoms with Crippen molar-refractivity contribution in [3.8, 4) is 11.1 Å². The summed E-state index contributed by atoms with van der Waals surface area (Å²) in [7, 11) is 0. The van der Waals surface area contributed by atoms with Crippen LogP contribution in [0.5, 0.6) is 0 Å². The van der Waals surface area contributed by atoms with E-state index in [0.717, 1.165) is 11.3 Å². The first-order valence-corrected chi connectivity index (χ1v) is 7.40. The maximum atomic E-state index is 6.06. The van der Waals surface area contributed by atoms with Gasteiger partial charge < -0.3 is 5.73 Å². The Balaban J connectivity index is 2.58. The molecule has 0 aliphatic heterocycles. The first-order valence-electron chi connectivity index (χ1n) is 7.40. The Labute approximate surface area is 122 Å². The zero-order valence-corrected chi connectivity index (χ0v) is 13.2. The van der Waals surface area contributed by atoms with E-state index in [1.807, 2.05) is 6.92 Å². The van der Waals surface area contributed by atoms with Crippen LogP contribution in [0.25, 0.3) is 11.1 Å². The number of nitrogens with two attached hydrogens (primary N) is 1. The lowest BCUT2D eigenvalue weighted by Gasteiger charge is -2.17. The molecule has 1 nitrogen and oxygen atoms in total. The highest BCUT2D eigenvalue weighted by Crippen LogP contribution is 2.33. The van der Waals surface area contributed by atoms with Gasteiger partial charge in [0.2, 0.25) is 0 Å². The Morgan fingerprint density at radius 2 is 1.55 bits per heavy atom. The minimum absolute atomic E-state index is 0.506. The van der Waals surface area contributed by atoms with Crippen molar-refractivity contribution >= 4 is 5.69 Å². The molecule has 2 N–H and O–H groups in total. The van der Waals surface area contributed by atoms with Crippen LogP contribution in [0.3, 0.4) is 0 Å². The molecule has 2 rings (SSSR count). The van der Waals surface area contributed by atoms with E-state index in [4.69, 9.17) is 5.73 Å². The van der Waals surface area contributed by atoms with Gasteiger partial charge in [-0.2, -0.15) is 0 Å². The second-order valence-corrected chi connectivity index (χ2v) is 6.23. The molecule has 0 aromatic heterocycles. The van der Waals surface area contributed by atoms with Crippen molar-refractivity contribution in [2.45, 2.75) is 46.5 Å². The second-order valence-electron chi connectivity index (χ2n) is 6.23. The Morgan fingerprint density at radius 1 is 0.850 bits per heavy atom. The van der Waals surface area contributed by atoms with Crippen LogP contribution >= 0.6 is 0 Å². The minimum Gasteiger partial charge on any atom is -0.398 e. The molecule has 0 aliphatic carbocycles. The van der Waals surface area contributed by atoms with Gasteiger partial charge >= 0.3 is 0 Å². The van der Waals surface area contributed by atoms with Crippen LogP contribution < -0.4 is 5.73 Å². The normalized spacial score (nSPS) is 11.3. The van der Waals surface area contributed by atoms with Crippen molar-refractivity contribution in [2.24, 2.45) is 0 Å². The molecule has 0 heterocycles. The predicted molar refractivity (Wildman–Crippen MR) is 89.2 cm³/mol. The summed E-state index contributed by atoms with van der Waals surface area (Å²) in [6, 6.07) is 13.2. The van der Waals surface area contributed by atoms with E-state index >= 15 is 0 Å². The maximum absolute atomic E-state index is 6.06. The van der Waals surface area contributed by atoms with Crippen LogP contribution in [0.1, 0.15) is 56.2 Å². The van der Waals surface area contributed by atoms with Crippen LogP contribution in [0.15, 0.2) is 36.4 Å². The van der Waals surface area contributed by atoms with E-state index in [0.29, 0.717) is 11.8 Å². The fraction of sp³-hybridized carbons (Fsp3) is 0.368. The minimum atomic E-state index is 0.506. The zero-order valence-electron chi connectivity index (χ0n) is 13.2. The first kappa shape index (κ1) is 14.6. The van der Waals surface area contributed by atoms with E-state index in [1.54, 1.807) is 0 Å². The molecule has 106 valence electrons. The van der Waals surface area contributed by atoms with Gasteiger partial charge in [-0.25, -0.2) is 0 Å². The molecule has 0 radical (unpaired) electrons. The largest absolute Gasteiger partial charge is 0.398 e. The fourth-order valence-corrected chi connectivity index (χ4v) is 2.49. The molecule has 0 saturated carbocycles. The van der Waals surface area contributed by atoms with Crippen molar-refractivity contribution in [2.75, 3.05) is 5.73 Å². The molecule has 0 unspecified atom stereocenters. The van der Waals surface area contributed by atoms with Gasteiger partial charge in [-0.3, -0.25) is 0 Å². The third-order valence-corrected chi connectivity index (χ3v) is 3.95. The number of anilines is 1. The van der Waals surface area contributed by atoms with Crippen molar-refractivity contribution in [1.82, 2.24) is 0 Å². The van der Waals surface area contributed by atoms with Crippen molar-refractivity contribution < 1.29 is 0 Å². The number of nitrogen functional groups attached to an aromatic ring is 1. The van der Waals surface area contributed by atoms with Crippen LogP contribution in [0.2, 0.25) is 0 Å². The third-order valence-electron chi connectivity index (χ3n) is 3.95. The highest BCUT2D eigenvalue weighted by molar-refractivity contribution is 5.72. The van der Waals surface area contributed by atoms with Gasteiger partial charge in [0.05, 0.1) is 0 Å². The summed E-state index contributed by atoms with van der Waals surface area (Å²) < 4.78 is 0. The molecule has 2 aromatic rings. The summed E-state index contributed by atoms with van der Waals surface area (Å²) in [6.07, 6.45) is 0. The molecule has 0 aliphatic rings. The van der Waals surface area contributed by atoms with Crippen molar-refractivity contribution in [3.63, 3.8) is 0 Å².